The lowest BCUT2D eigenvalue weighted by Crippen LogP contribution is -1.98. The Morgan fingerprint density at radius 1 is 1.69 bits per heavy atom. The smallest absolute Gasteiger partial charge is 0.110 e. The van der Waals surface area contributed by atoms with Gasteiger partial charge in [-0.15, -0.1) is 23.7 Å². The lowest BCUT2D eigenvalue weighted by Gasteiger charge is -1.93. The third-order valence-corrected chi connectivity index (χ3v) is 2.72. The van der Waals surface area contributed by atoms with Gasteiger partial charge < -0.3 is 5.73 Å². The van der Waals surface area contributed by atoms with Crippen LogP contribution in [0.2, 0.25) is 0 Å². The molecule has 1 rings (SSSR count). The first-order valence-electron chi connectivity index (χ1n) is 3.81. The first-order valence-corrected chi connectivity index (χ1v) is 4.69. The van der Waals surface area contributed by atoms with Crippen molar-refractivity contribution < 1.29 is 4.39 Å². The quantitative estimate of drug-likeness (QED) is 0.835. The van der Waals surface area contributed by atoms with Gasteiger partial charge in [0.15, 0.2) is 0 Å². The number of thiophene rings is 1. The number of hydrogen-bond acceptors (Lipinski definition) is 2. The summed E-state index contributed by atoms with van der Waals surface area (Å²) < 4.78 is 12.6. The molecule has 0 aliphatic rings. The summed E-state index contributed by atoms with van der Waals surface area (Å²) in [5, 5.41) is 2.01. The van der Waals surface area contributed by atoms with Crippen molar-refractivity contribution in [2.45, 2.75) is 13.3 Å². The predicted octanol–water partition coefficient (Wildman–Crippen LogP) is 2.83. The summed E-state index contributed by atoms with van der Waals surface area (Å²) in [6.07, 6.45) is 2.20. The van der Waals surface area contributed by atoms with E-state index in [1.54, 1.807) is 17.4 Å². The molecule has 4 heteroatoms. The van der Waals surface area contributed by atoms with Crippen molar-refractivity contribution in [3.63, 3.8) is 0 Å². The van der Waals surface area contributed by atoms with Crippen LogP contribution in [0.25, 0.3) is 0 Å². The van der Waals surface area contributed by atoms with Gasteiger partial charge in [0.2, 0.25) is 0 Å². The molecule has 0 amide bonds. The molecule has 13 heavy (non-hydrogen) atoms. The fourth-order valence-electron chi connectivity index (χ4n) is 0.900. The van der Waals surface area contributed by atoms with Crippen LogP contribution in [0.1, 0.15) is 10.4 Å². The summed E-state index contributed by atoms with van der Waals surface area (Å²) in [5.74, 6) is -0.234. The Hall–Kier alpha value is -0.380. The highest BCUT2D eigenvalue weighted by Gasteiger charge is 1.97. The van der Waals surface area contributed by atoms with Crippen LogP contribution in [0.3, 0.4) is 0 Å². The molecule has 0 radical (unpaired) electrons. The maximum absolute atomic E-state index is 12.6. The molecular formula is C9H13ClFNS. The van der Waals surface area contributed by atoms with E-state index in [0.29, 0.717) is 6.42 Å². The number of halogens is 2. The van der Waals surface area contributed by atoms with E-state index >= 15 is 0 Å². The van der Waals surface area contributed by atoms with Gasteiger partial charge in [-0.3, -0.25) is 0 Å². The van der Waals surface area contributed by atoms with Gasteiger partial charge >= 0.3 is 0 Å². The highest BCUT2D eigenvalue weighted by atomic mass is 35.5. The van der Waals surface area contributed by atoms with Gasteiger partial charge in [0.05, 0.1) is 0 Å². The van der Waals surface area contributed by atoms with Gasteiger partial charge in [-0.2, -0.15) is 0 Å². The summed E-state index contributed by atoms with van der Waals surface area (Å²) in [5.41, 5.74) is 6.33. The Morgan fingerprint density at radius 2 is 2.38 bits per heavy atom. The molecule has 2 N–H and O–H groups in total. The second kappa shape index (κ2) is 6.13. The summed E-state index contributed by atoms with van der Waals surface area (Å²) in [7, 11) is 0. The average Bonchev–Trinajstić information content (AvgIpc) is 2.47. The maximum atomic E-state index is 12.6. The Balaban J connectivity index is 0.00000144. The lowest BCUT2D eigenvalue weighted by molar-refractivity contribution is 0.614. The molecule has 1 nitrogen and oxygen atoms in total. The molecule has 0 aromatic carbocycles. The van der Waals surface area contributed by atoms with Crippen LogP contribution < -0.4 is 5.73 Å². The van der Waals surface area contributed by atoms with E-state index in [1.165, 1.54) is 10.4 Å². The van der Waals surface area contributed by atoms with Gasteiger partial charge in [0.25, 0.3) is 0 Å². The van der Waals surface area contributed by atoms with E-state index in [4.69, 9.17) is 5.73 Å². The average molecular weight is 222 g/mol. The van der Waals surface area contributed by atoms with Gasteiger partial charge in [-0.05, 0) is 30.0 Å². The third kappa shape index (κ3) is 3.89. The highest BCUT2D eigenvalue weighted by molar-refractivity contribution is 7.10. The van der Waals surface area contributed by atoms with Crippen molar-refractivity contribution in [3.8, 4) is 0 Å². The van der Waals surface area contributed by atoms with E-state index in [0.717, 1.165) is 0 Å². The molecule has 1 aromatic rings. The van der Waals surface area contributed by atoms with Gasteiger partial charge in [-0.25, -0.2) is 4.39 Å². The van der Waals surface area contributed by atoms with Crippen LogP contribution in [-0.2, 0) is 6.42 Å². The molecule has 1 heterocycles. The van der Waals surface area contributed by atoms with Crippen LogP contribution in [0.15, 0.2) is 23.3 Å². The van der Waals surface area contributed by atoms with E-state index in [2.05, 4.69) is 0 Å². The van der Waals surface area contributed by atoms with E-state index in [9.17, 15) is 4.39 Å². The Labute approximate surface area is 87.9 Å². The number of aryl methyl sites for hydroxylation is 1. The molecule has 0 spiro atoms. The standard InChI is InChI=1S/C9H12FNS.ClH/c1-7-4-5-12-9(7)3-2-8(10)6-11;/h2,4-5H,3,6,11H2,1H3;1H. The fraction of sp³-hybridized carbons (Fsp3) is 0.333. The van der Waals surface area contributed by atoms with Gasteiger partial charge in [-0.1, -0.05) is 0 Å². The number of nitrogens with two attached hydrogens (primary N) is 1. The monoisotopic (exact) mass is 221 g/mol. The van der Waals surface area contributed by atoms with Crippen LogP contribution in [0.4, 0.5) is 4.39 Å². The molecule has 0 aliphatic carbocycles. The minimum absolute atomic E-state index is 0. The zero-order valence-corrected chi connectivity index (χ0v) is 9.05. The van der Waals surface area contributed by atoms with Gasteiger partial charge in [0, 0.05) is 17.8 Å². The molecule has 0 fully saturated rings. The zero-order chi connectivity index (χ0) is 8.97. The highest BCUT2D eigenvalue weighted by Crippen LogP contribution is 2.16. The minimum atomic E-state index is -0.234. The molecule has 1 aromatic heterocycles. The zero-order valence-electron chi connectivity index (χ0n) is 7.42. The third-order valence-electron chi connectivity index (χ3n) is 1.67. The number of allylic oxidation sites excluding steroid dienone is 1. The number of hydrogen-bond donors (Lipinski definition) is 1. The molecule has 0 aliphatic heterocycles. The largest absolute Gasteiger partial charge is 0.325 e. The van der Waals surface area contributed by atoms with Crippen molar-refractivity contribution in [1.29, 1.82) is 0 Å². The minimum Gasteiger partial charge on any atom is -0.325 e. The SMILES string of the molecule is Cc1ccsc1CC=C(F)CN.Cl. The Bertz CT molecular complexity index is 283. The van der Waals surface area contributed by atoms with E-state index < -0.39 is 0 Å². The Kier molecular flexibility index (Phi) is 5.95. The molecule has 0 bridgehead atoms. The molecule has 0 atom stereocenters. The predicted molar refractivity (Wildman–Crippen MR) is 58.3 cm³/mol. The summed E-state index contributed by atoms with van der Waals surface area (Å²) >= 11 is 1.65. The topological polar surface area (TPSA) is 26.0 Å². The van der Waals surface area contributed by atoms with Crippen molar-refractivity contribution >= 4 is 23.7 Å². The molecule has 74 valence electrons. The second-order valence-corrected chi connectivity index (χ2v) is 3.59. The number of rotatable bonds is 3. The first-order chi connectivity index (χ1) is 5.74. The van der Waals surface area contributed by atoms with Crippen molar-refractivity contribution in [3.05, 3.63) is 33.8 Å². The summed E-state index contributed by atoms with van der Waals surface area (Å²) in [6, 6.07) is 2.04. The van der Waals surface area contributed by atoms with Crippen LogP contribution in [-0.4, -0.2) is 6.54 Å². The lowest BCUT2D eigenvalue weighted by atomic mass is 10.2. The first kappa shape index (κ1) is 12.6. The summed E-state index contributed by atoms with van der Waals surface area (Å²) in [4.78, 5) is 1.21. The Morgan fingerprint density at radius 3 is 2.85 bits per heavy atom. The molecule has 0 saturated carbocycles. The van der Waals surface area contributed by atoms with Crippen molar-refractivity contribution in [2.24, 2.45) is 5.73 Å². The molecule has 0 unspecified atom stereocenters. The van der Waals surface area contributed by atoms with Crippen LogP contribution in [0, 0.1) is 6.92 Å². The second-order valence-electron chi connectivity index (χ2n) is 2.59. The van der Waals surface area contributed by atoms with E-state index in [1.807, 2.05) is 18.4 Å². The van der Waals surface area contributed by atoms with Crippen LogP contribution >= 0.6 is 23.7 Å². The fourth-order valence-corrected chi connectivity index (χ4v) is 1.77. The summed E-state index contributed by atoms with van der Waals surface area (Å²) in [6.45, 7) is 2.03. The van der Waals surface area contributed by atoms with E-state index in [-0.39, 0.29) is 24.8 Å². The normalized spacial score (nSPS) is 11.2. The van der Waals surface area contributed by atoms with Crippen molar-refractivity contribution in [2.75, 3.05) is 6.54 Å². The molecular weight excluding hydrogens is 209 g/mol. The van der Waals surface area contributed by atoms with Crippen molar-refractivity contribution in [1.82, 2.24) is 0 Å². The molecule has 0 saturated heterocycles. The maximum Gasteiger partial charge on any atom is 0.110 e. The van der Waals surface area contributed by atoms with Crippen LogP contribution in [0.5, 0.6) is 0 Å². The van der Waals surface area contributed by atoms with Gasteiger partial charge in [0.1, 0.15) is 5.83 Å².